The minimum absolute atomic E-state index is 0.702. The van der Waals surface area contributed by atoms with Crippen molar-refractivity contribution in [1.82, 2.24) is 9.97 Å². The predicted octanol–water partition coefficient (Wildman–Crippen LogP) is 3.09. The van der Waals surface area contributed by atoms with E-state index in [-0.39, 0.29) is 0 Å². The van der Waals surface area contributed by atoms with Crippen molar-refractivity contribution in [2.45, 2.75) is 20.3 Å². The molecule has 1 heterocycles. The lowest BCUT2D eigenvalue weighted by Crippen LogP contribution is -2.07. The van der Waals surface area contributed by atoms with Crippen molar-refractivity contribution in [3.8, 4) is 0 Å². The first kappa shape index (κ1) is 10.9. The summed E-state index contributed by atoms with van der Waals surface area (Å²) in [6, 6.07) is 8.02. The molecule has 0 saturated heterocycles. The number of para-hydroxylation sites is 1. The third kappa shape index (κ3) is 2.69. The number of aromatic nitrogens is 2. The van der Waals surface area contributed by atoms with E-state index < -0.39 is 0 Å². The molecule has 1 aromatic heterocycles. The molecule has 0 aliphatic rings. The molecule has 84 valence electrons. The van der Waals surface area contributed by atoms with Gasteiger partial charge in [-0.25, -0.2) is 9.97 Å². The van der Waals surface area contributed by atoms with Gasteiger partial charge in [-0.2, -0.15) is 0 Å². The molecule has 3 nitrogen and oxygen atoms in total. The van der Waals surface area contributed by atoms with Crippen LogP contribution in [0.2, 0.25) is 0 Å². The molecule has 16 heavy (non-hydrogen) atoms. The van der Waals surface area contributed by atoms with Crippen LogP contribution in [0, 0.1) is 5.92 Å². The lowest BCUT2D eigenvalue weighted by atomic mass is 10.1. The third-order valence-electron chi connectivity index (χ3n) is 2.49. The summed E-state index contributed by atoms with van der Waals surface area (Å²) in [4.78, 5) is 8.73. The van der Waals surface area contributed by atoms with E-state index in [1.165, 1.54) is 0 Å². The highest BCUT2D eigenvalue weighted by atomic mass is 15.1. The van der Waals surface area contributed by atoms with Crippen LogP contribution >= 0.6 is 0 Å². The average Bonchev–Trinajstić information content (AvgIpc) is 2.28. The fourth-order valence-corrected chi connectivity index (χ4v) is 1.53. The van der Waals surface area contributed by atoms with Gasteiger partial charge in [0.1, 0.15) is 0 Å². The molecule has 1 aromatic carbocycles. The summed E-state index contributed by atoms with van der Waals surface area (Å²) in [6.07, 6.45) is 3.00. The Labute approximate surface area is 95.9 Å². The second-order valence-corrected chi connectivity index (χ2v) is 4.36. The highest BCUT2D eigenvalue weighted by Gasteiger charge is 1.99. The fraction of sp³-hybridized carbons (Fsp3) is 0.385. The second-order valence-electron chi connectivity index (χ2n) is 4.36. The van der Waals surface area contributed by atoms with Crippen molar-refractivity contribution in [2.24, 2.45) is 5.92 Å². The Morgan fingerprint density at radius 2 is 2.06 bits per heavy atom. The van der Waals surface area contributed by atoms with E-state index in [9.17, 15) is 0 Å². The maximum atomic E-state index is 4.45. The van der Waals surface area contributed by atoms with E-state index in [0.717, 1.165) is 29.8 Å². The van der Waals surface area contributed by atoms with Gasteiger partial charge in [0.2, 0.25) is 5.95 Å². The van der Waals surface area contributed by atoms with Gasteiger partial charge in [0.05, 0.1) is 5.52 Å². The minimum Gasteiger partial charge on any atom is -0.354 e. The quantitative estimate of drug-likeness (QED) is 0.851. The molecule has 2 aromatic rings. The monoisotopic (exact) mass is 215 g/mol. The maximum Gasteiger partial charge on any atom is 0.223 e. The Kier molecular flexibility index (Phi) is 3.34. The van der Waals surface area contributed by atoms with Gasteiger partial charge in [-0.15, -0.1) is 0 Å². The van der Waals surface area contributed by atoms with Crippen LogP contribution in [0.5, 0.6) is 0 Å². The van der Waals surface area contributed by atoms with Gasteiger partial charge in [-0.05, 0) is 18.4 Å². The van der Waals surface area contributed by atoms with Crippen molar-refractivity contribution in [3.05, 3.63) is 30.5 Å². The van der Waals surface area contributed by atoms with Crippen LogP contribution in [0.1, 0.15) is 20.3 Å². The molecule has 0 saturated carbocycles. The molecule has 0 spiro atoms. The Hall–Kier alpha value is -1.64. The zero-order valence-corrected chi connectivity index (χ0v) is 9.77. The number of hydrogen-bond acceptors (Lipinski definition) is 3. The number of nitrogens with zero attached hydrogens (tertiary/aromatic N) is 2. The molecule has 0 bridgehead atoms. The molecule has 2 rings (SSSR count). The second kappa shape index (κ2) is 4.92. The molecule has 0 amide bonds. The minimum atomic E-state index is 0.702. The number of nitrogens with one attached hydrogen (secondary N) is 1. The molecule has 3 heteroatoms. The number of rotatable bonds is 4. The molecular weight excluding hydrogens is 198 g/mol. The van der Waals surface area contributed by atoms with Gasteiger partial charge >= 0.3 is 0 Å². The van der Waals surface area contributed by atoms with Gasteiger partial charge in [-0.3, -0.25) is 0 Å². The highest BCUT2D eigenvalue weighted by molar-refractivity contribution is 5.78. The van der Waals surface area contributed by atoms with Gasteiger partial charge in [0, 0.05) is 18.1 Å². The Balaban J connectivity index is 2.08. The largest absolute Gasteiger partial charge is 0.354 e. The van der Waals surface area contributed by atoms with Crippen molar-refractivity contribution < 1.29 is 0 Å². The number of hydrogen-bond donors (Lipinski definition) is 1. The molecular formula is C13H17N3. The summed E-state index contributed by atoms with van der Waals surface area (Å²) in [5.41, 5.74) is 0.990. The first-order valence-corrected chi connectivity index (χ1v) is 5.71. The summed E-state index contributed by atoms with van der Waals surface area (Å²) in [5.74, 6) is 1.42. The number of anilines is 1. The molecule has 0 aliphatic heterocycles. The lowest BCUT2D eigenvalue weighted by molar-refractivity contribution is 0.606. The van der Waals surface area contributed by atoms with Gasteiger partial charge < -0.3 is 5.32 Å². The number of benzene rings is 1. The molecule has 1 N–H and O–H groups in total. The van der Waals surface area contributed by atoms with Gasteiger partial charge in [0.25, 0.3) is 0 Å². The van der Waals surface area contributed by atoms with Crippen molar-refractivity contribution in [1.29, 1.82) is 0 Å². The maximum absolute atomic E-state index is 4.45. The first-order chi connectivity index (χ1) is 7.75. The lowest BCUT2D eigenvalue weighted by Gasteiger charge is -2.07. The van der Waals surface area contributed by atoms with Crippen LogP contribution < -0.4 is 5.32 Å². The standard InChI is InChI=1S/C13H17N3/c1-10(2)7-8-14-13-15-9-11-5-3-4-6-12(11)16-13/h3-6,9-10H,7-8H2,1-2H3,(H,14,15,16). The van der Waals surface area contributed by atoms with Gasteiger partial charge in [-0.1, -0.05) is 32.0 Å². The van der Waals surface area contributed by atoms with E-state index in [1.807, 2.05) is 30.5 Å². The van der Waals surface area contributed by atoms with Crippen molar-refractivity contribution in [2.75, 3.05) is 11.9 Å². The van der Waals surface area contributed by atoms with Crippen molar-refractivity contribution in [3.63, 3.8) is 0 Å². The van der Waals surface area contributed by atoms with Gasteiger partial charge in [0.15, 0.2) is 0 Å². The zero-order valence-electron chi connectivity index (χ0n) is 9.77. The smallest absolute Gasteiger partial charge is 0.223 e. The zero-order chi connectivity index (χ0) is 11.4. The Morgan fingerprint density at radius 3 is 2.88 bits per heavy atom. The normalized spacial score (nSPS) is 10.9. The van der Waals surface area contributed by atoms with E-state index in [1.54, 1.807) is 0 Å². The third-order valence-corrected chi connectivity index (χ3v) is 2.49. The summed E-state index contributed by atoms with van der Waals surface area (Å²) in [5, 5.41) is 4.33. The highest BCUT2D eigenvalue weighted by Crippen LogP contribution is 2.11. The van der Waals surface area contributed by atoms with E-state index >= 15 is 0 Å². The Morgan fingerprint density at radius 1 is 1.25 bits per heavy atom. The van der Waals surface area contributed by atoms with Crippen molar-refractivity contribution >= 4 is 16.9 Å². The molecule has 0 aliphatic carbocycles. The molecule has 0 unspecified atom stereocenters. The van der Waals surface area contributed by atoms with Crippen LogP contribution in [-0.2, 0) is 0 Å². The topological polar surface area (TPSA) is 37.8 Å². The average molecular weight is 215 g/mol. The van der Waals surface area contributed by atoms with E-state index in [4.69, 9.17) is 0 Å². The predicted molar refractivity (Wildman–Crippen MR) is 67.5 cm³/mol. The molecule has 0 fully saturated rings. The Bertz CT molecular complexity index is 465. The fourth-order valence-electron chi connectivity index (χ4n) is 1.53. The summed E-state index contributed by atoms with van der Waals surface area (Å²) in [6.45, 7) is 5.35. The van der Waals surface area contributed by atoms with Crippen LogP contribution in [0.25, 0.3) is 10.9 Å². The first-order valence-electron chi connectivity index (χ1n) is 5.71. The summed E-state index contributed by atoms with van der Waals surface area (Å²) < 4.78 is 0. The molecule has 0 radical (unpaired) electrons. The van der Waals surface area contributed by atoms with Crippen LogP contribution in [-0.4, -0.2) is 16.5 Å². The molecule has 0 atom stereocenters. The van der Waals surface area contributed by atoms with Crippen LogP contribution in [0.15, 0.2) is 30.5 Å². The summed E-state index contributed by atoms with van der Waals surface area (Å²) in [7, 11) is 0. The van der Waals surface area contributed by atoms with E-state index in [2.05, 4.69) is 29.1 Å². The van der Waals surface area contributed by atoms with Crippen LogP contribution in [0.3, 0.4) is 0 Å². The number of fused-ring (bicyclic) bond motifs is 1. The summed E-state index contributed by atoms with van der Waals surface area (Å²) >= 11 is 0. The van der Waals surface area contributed by atoms with Crippen LogP contribution in [0.4, 0.5) is 5.95 Å². The van der Waals surface area contributed by atoms with E-state index in [0.29, 0.717) is 5.92 Å². The SMILES string of the molecule is CC(C)CCNc1ncc2ccccc2n1.